The molecule has 0 bridgehead atoms. The Morgan fingerprint density at radius 2 is 1.27 bits per heavy atom. The molecule has 4 aromatic carbocycles. The van der Waals surface area contributed by atoms with E-state index in [0.29, 0.717) is 5.02 Å². The van der Waals surface area contributed by atoms with Crippen LogP contribution < -0.4 is 0 Å². The number of fused-ring (bicyclic) bond motifs is 3. The minimum absolute atomic E-state index is 0.682. The minimum Gasteiger partial charge on any atom is -0.455 e. The lowest BCUT2D eigenvalue weighted by molar-refractivity contribution is 0.670. The summed E-state index contributed by atoms with van der Waals surface area (Å²) in [5.41, 5.74) is 6.31. The van der Waals surface area contributed by atoms with Gasteiger partial charge in [0.1, 0.15) is 11.2 Å². The van der Waals surface area contributed by atoms with Gasteiger partial charge in [0.2, 0.25) is 0 Å². The fraction of sp³-hybridized carbons (Fsp3) is 0. The van der Waals surface area contributed by atoms with E-state index in [4.69, 9.17) is 16.0 Å². The third-order valence-corrected chi connectivity index (χ3v) is 4.96. The highest BCUT2D eigenvalue weighted by Gasteiger charge is 2.15. The van der Waals surface area contributed by atoms with Gasteiger partial charge in [-0.05, 0) is 41.0 Å². The fourth-order valence-corrected chi connectivity index (χ4v) is 3.64. The van der Waals surface area contributed by atoms with Crippen LogP contribution in [-0.2, 0) is 0 Å². The first-order valence-corrected chi connectivity index (χ1v) is 8.94. The summed E-state index contributed by atoms with van der Waals surface area (Å²) < 4.78 is 6.23. The molecule has 0 radical (unpaired) electrons. The van der Waals surface area contributed by atoms with Crippen LogP contribution in [0.3, 0.4) is 0 Å². The quantitative estimate of drug-likeness (QED) is 0.318. The van der Waals surface area contributed by atoms with Crippen molar-refractivity contribution in [2.75, 3.05) is 0 Å². The molecule has 5 rings (SSSR count). The van der Waals surface area contributed by atoms with E-state index in [1.54, 1.807) is 0 Å². The molecule has 0 amide bonds. The maximum Gasteiger partial charge on any atom is 0.143 e. The van der Waals surface area contributed by atoms with E-state index in [-0.39, 0.29) is 0 Å². The molecule has 2 heteroatoms. The van der Waals surface area contributed by atoms with Gasteiger partial charge in [-0.15, -0.1) is 0 Å². The molecule has 1 aromatic heterocycles. The molecule has 5 aromatic rings. The molecular weight excluding hydrogens is 340 g/mol. The van der Waals surface area contributed by atoms with Gasteiger partial charge >= 0.3 is 0 Å². The molecule has 0 fully saturated rings. The molecule has 0 atom stereocenters. The predicted octanol–water partition coefficient (Wildman–Crippen LogP) is 7.57. The van der Waals surface area contributed by atoms with Gasteiger partial charge in [0.25, 0.3) is 0 Å². The average Bonchev–Trinajstić information content (AvgIpc) is 3.06. The van der Waals surface area contributed by atoms with Crippen molar-refractivity contribution in [1.29, 1.82) is 0 Å². The number of rotatable bonds is 2. The van der Waals surface area contributed by atoms with Crippen molar-refractivity contribution in [3.05, 3.63) is 96.0 Å². The van der Waals surface area contributed by atoms with E-state index < -0.39 is 0 Å². The Balaban J connectivity index is 1.90. The third-order valence-electron chi connectivity index (χ3n) is 4.73. The first kappa shape index (κ1) is 15.2. The Bertz CT molecular complexity index is 1220. The predicted molar refractivity (Wildman–Crippen MR) is 110 cm³/mol. The van der Waals surface area contributed by atoms with E-state index >= 15 is 0 Å². The summed E-state index contributed by atoms with van der Waals surface area (Å²) in [5, 5.41) is 2.87. The van der Waals surface area contributed by atoms with Gasteiger partial charge in [-0.3, -0.25) is 0 Å². The number of hydrogen-bond acceptors (Lipinski definition) is 1. The van der Waals surface area contributed by atoms with Crippen molar-refractivity contribution < 1.29 is 4.42 Å². The molecule has 26 heavy (non-hydrogen) atoms. The Hall–Kier alpha value is -3.03. The summed E-state index contributed by atoms with van der Waals surface area (Å²) in [4.78, 5) is 0. The molecule has 0 aliphatic rings. The smallest absolute Gasteiger partial charge is 0.143 e. The second-order valence-corrected chi connectivity index (χ2v) is 6.81. The van der Waals surface area contributed by atoms with Crippen LogP contribution >= 0.6 is 11.6 Å². The van der Waals surface area contributed by atoms with Crippen LogP contribution in [0.2, 0.25) is 5.02 Å². The summed E-state index contributed by atoms with van der Waals surface area (Å²) in [5.74, 6) is 0. The average molecular weight is 355 g/mol. The highest BCUT2D eigenvalue weighted by atomic mass is 35.5. The molecule has 124 valence electrons. The van der Waals surface area contributed by atoms with Crippen molar-refractivity contribution in [3.8, 4) is 22.3 Å². The lowest BCUT2D eigenvalue weighted by Gasteiger charge is -2.08. The summed E-state index contributed by atoms with van der Waals surface area (Å²) >= 11 is 6.17. The van der Waals surface area contributed by atoms with Gasteiger partial charge in [-0.2, -0.15) is 0 Å². The Morgan fingerprint density at radius 1 is 0.577 bits per heavy atom. The molecule has 1 nitrogen and oxygen atoms in total. The van der Waals surface area contributed by atoms with Crippen LogP contribution in [0.25, 0.3) is 44.2 Å². The van der Waals surface area contributed by atoms with Gasteiger partial charge in [-0.25, -0.2) is 0 Å². The van der Waals surface area contributed by atoms with Gasteiger partial charge in [0, 0.05) is 27.4 Å². The van der Waals surface area contributed by atoms with Gasteiger partial charge in [-0.1, -0.05) is 72.3 Å². The standard InChI is InChI=1S/C24H15ClO/c25-19-11-12-20-22-14-18(16-7-3-1-4-8-16)13-21(17-9-5-2-6-10-17)24(22)26-23(20)15-19/h1-15H. The van der Waals surface area contributed by atoms with E-state index in [9.17, 15) is 0 Å². The van der Waals surface area contributed by atoms with Crippen LogP contribution in [-0.4, -0.2) is 0 Å². The van der Waals surface area contributed by atoms with Crippen molar-refractivity contribution in [3.63, 3.8) is 0 Å². The first-order chi connectivity index (χ1) is 12.8. The molecular formula is C24H15ClO. The van der Waals surface area contributed by atoms with E-state index in [0.717, 1.165) is 33.1 Å². The topological polar surface area (TPSA) is 13.1 Å². The molecule has 0 unspecified atom stereocenters. The fourth-order valence-electron chi connectivity index (χ4n) is 3.48. The van der Waals surface area contributed by atoms with Gasteiger partial charge < -0.3 is 4.42 Å². The minimum atomic E-state index is 0.682. The van der Waals surface area contributed by atoms with E-state index in [1.165, 1.54) is 11.1 Å². The van der Waals surface area contributed by atoms with Crippen molar-refractivity contribution in [1.82, 2.24) is 0 Å². The first-order valence-electron chi connectivity index (χ1n) is 8.56. The summed E-state index contributed by atoms with van der Waals surface area (Å²) in [7, 11) is 0. The molecule has 0 spiro atoms. The normalized spacial score (nSPS) is 11.3. The number of hydrogen-bond donors (Lipinski definition) is 0. The van der Waals surface area contributed by atoms with Crippen LogP contribution in [0.5, 0.6) is 0 Å². The van der Waals surface area contributed by atoms with Crippen LogP contribution in [0, 0.1) is 0 Å². The molecule has 0 saturated heterocycles. The highest BCUT2D eigenvalue weighted by Crippen LogP contribution is 2.39. The summed E-state index contributed by atoms with van der Waals surface area (Å²) in [6.07, 6.45) is 0. The maximum atomic E-state index is 6.23. The number of halogens is 1. The van der Waals surface area contributed by atoms with Gasteiger partial charge in [0.15, 0.2) is 0 Å². The van der Waals surface area contributed by atoms with Crippen molar-refractivity contribution in [2.24, 2.45) is 0 Å². The lowest BCUT2D eigenvalue weighted by atomic mass is 9.96. The third kappa shape index (κ3) is 2.49. The van der Waals surface area contributed by atoms with Crippen LogP contribution in [0.4, 0.5) is 0 Å². The highest BCUT2D eigenvalue weighted by molar-refractivity contribution is 6.31. The number of benzene rings is 4. The second-order valence-electron chi connectivity index (χ2n) is 6.38. The molecule has 0 N–H and O–H groups in total. The molecule has 1 heterocycles. The van der Waals surface area contributed by atoms with Crippen molar-refractivity contribution in [2.45, 2.75) is 0 Å². The monoisotopic (exact) mass is 354 g/mol. The van der Waals surface area contributed by atoms with Crippen LogP contribution in [0.15, 0.2) is 95.4 Å². The zero-order chi connectivity index (χ0) is 17.5. The zero-order valence-electron chi connectivity index (χ0n) is 13.9. The zero-order valence-corrected chi connectivity index (χ0v) is 14.7. The van der Waals surface area contributed by atoms with Crippen LogP contribution in [0.1, 0.15) is 0 Å². The van der Waals surface area contributed by atoms with Gasteiger partial charge in [0.05, 0.1) is 0 Å². The largest absolute Gasteiger partial charge is 0.455 e. The summed E-state index contributed by atoms with van der Waals surface area (Å²) in [6, 6.07) is 31.0. The molecule has 0 saturated carbocycles. The van der Waals surface area contributed by atoms with E-state index in [1.807, 2.05) is 30.3 Å². The second kappa shape index (κ2) is 6.05. The Labute approximate surface area is 156 Å². The van der Waals surface area contributed by atoms with Crippen molar-refractivity contribution >= 4 is 33.5 Å². The Morgan fingerprint density at radius 3 is 2.00 bits per heavy atom. The maximum absolute atomic E-state index is 6.23. The number of furan rings is 1. The Kier molecular flexibility index (Phi) is 3.55. The molecule has 0 aliphatic carbocycles. The SMILES string of the molecule is Clc1ccc2c(c1)oc1c(-c3ccccc3)cc(-c3ccccc3)cc12. The lowest BCUT2D eigenvalue weighted by Crippen LogP contribution is -1.83. The molecule has 0 aliphatic heterocycles. The van der Waals surface area contributed by atoms with E-state index in [2.05, 4.69) is 60.7 Å². The summed E-state index contributed by atoms with van der Waals surface area (Å²) in [6.45, 7) is 0.